The Morgan fingerprint density at radius 2 is 0.725 bits per heavy atom. The number of unbranched alkanes of at least 4 members (excludes halogenated alkanes) is 36. The third kappa shape index (κ3) is 40.2. The molecule has 4 heteroatoms. The van der Waals surface area contributed by atoms with Gasteiger partial charge in [0.05, 0.1) is 18.8 Å². The van der Waals surface area contributed by atoms with Crippen LogP contribution in [0.4, 0.5) is 0 Å². The second kappa shape index (κ2) is 43.5. The van der Waals surface area contributed by atoms with Crippen molar-refractivity contribution in [1.82, 2.24) is 5.32 Å². The lowest BCUT2D eigenvalue weighted by atomic mass is 10.0. The standard InChI is InChI=1S/C47H93NO3/c1-3-5-7-8-9-10-11-12-13-14-15-16-17-18-19-20-21-22-23-24-25-26-27-28-29-30-31-32-33-34-35-36-37-38-39-41-43-47(51)48-45(44-49)46(50)42-40-6-4-2/h40,42,45-46,49-50H,3-39,41,43-44H2,1-2H3,(H,48,51)/b42-40+. The van der Waals surface area contributed by atoms with Crippen molar-refractivity contribution in [2.24, 2.45) is 0 Å². The lowest BCUT2D eigenvalue weighted by Crippen LogP contribution is -2.45. The lowest BCUT2D eigenvalue weighted by molar-refractivity contribution is -0.123. The lowest BCUT2D eigenvalue weighted by Gasteiger charge is -2.19. The Balaban J connectivity index is 3.22. The number of hydrogen-bond acceptors (Lipinski definition) is 3. The number of amides is 1. The summed E-state index contributed by atoms with van der Waals surface area (Å²) >= 11 is 0. The smallest absolute Gasteiger partial charge is 0.220 e. The fourth-order valence-corrected chi connectivity index (χ4v) is 7.42. The molecule has 2 atom stereocenters. The molecule has 0 aliphatic carbocycles. The van der Waals surface area contributed by atoms with E-state index in [9.17, 15) is 15.0 Å². The van der Waals surface area contributed by atoms with Crippen LogP contribution in [-0.4, -0.2) is 34.9 Å². The first-order valence-corrected chi connectivity index (χ1v) is 23.4. The molecule has 0 aromatic heterocycles. The molecule has 4 nitrogen and oxygen atoms in total. The average molecular weight is 720 g/mol. The first-order chi connectivity index (χ1) is 25.2. The van der Waals surface area contributed by atoms with Gasteiger partial charge < -0.3 is 15.5 Å². The van der Waals surface area contributed by atoms with Crippen LogP contribution in [0.2, 0.25) is 0 Å². The predicted octanol–water partition coefficient (Wildman–Crippen LogP) is 14.6. The first kappa shape index (κ1) is 50.1. The Kier molecular flexibility index (Phi) is 42.8. The van der Waals surface area contributed by atoms with E-state index in [1.165, 1.54) is 218 Å². The Morgan fingerprint density at radius 1 is 0.451 bits per heavy atom. The van der Waals surface area contributed by atoms with Crippen LogP contribution in [0.1, 0.15) is 264 Å². The van der Waals surface area contributed by atoms with E-state index in [2.05, 4.69) is 19.2 Å². The Bertz CT molecular complexity index is 695. The van der Waals surface area contributed by atoms with Crippen LogP contribution in [0.3, 0.4) is 0 Å². The molecule has 0 fully saturated rings. The molecule has 0 aliphatic heterocycles. The van der Waals surface area contributed by atoms with E-state index in [4.69, 9.17) is 0 Å². The van der Waals surface area contributed by atoms with Gasteiger partial charge in [-0.05, 0) is 12.8 Å². The molecule has 2 unspecified atom stereocenters. The van der Waals surface area contributed by atoms with E-state index >= 15 is 0 Å². The van der Waals surface area contributed by atoms with Gasteiger partial charge in [0.1, 0.15) is 0 Å². The van der Waals surface area contributed by atoms with Crippen molar-refractivity contribution in [2.75, 3.05) is 6.61 Å². The van der Waals surface area contributed by atoms with E-state index < -0.39 is 12.1 Å². The highest BCUT2D eigenvalue weighted by molar-refractivity contribution is 5.76. The molecule has 0 heterocycles. The van der Waals surface area contributed by atoms with E-state index in [0.29, 0.717) is 6.42 Å². The monoisotopic (exact) mass is 720 g/mol. The van der Waals surface area contributed by atoms with Gasteiger partial charge in [0.25, 0.3) is 0 Å². The minimum atomic E-state index is -0.830. The third-order valence-electron chi connectivity index (χ3n) is 11.0. The van der Waals surface area contributed by atoms with E-state index in [1.54, 1.807) is 6.08 Å². The molecular weight excluding hydrogens is 627 g/mol. The SMILES string of the molecule is CCC/C=C/C(O)C(CO)NC(=O)CCCCCCCCCCCCCCCCCCCCCCCCCCCCCCCCCCCCCC. The van der Waals surface area contributed by atoms with Gasteiger partial charge in [0.15, 0.2) is 0 Å². The molecule has 0 bridgehead atoms. The molecule has 0 radical (unpaired) electrons. The van der Waals surface area contributed by atoms with Crippen LogP contribution < -0.4 is 5.32 Å². The molecule has 0 saturated heterocycles. The molecule has 0 aromatic rings. The summed E-state index contributed by atoms with van der Waals surface area (Å²) in [6.45, 7) is 4.13. The summed E-state index contributed by atoms with van der Waals surface area (Å²) in [6.07, 6.45) is 55.8. The van der Waals surface area contributed by atoms with Crippen molar-refractivity contribution in [3.8, 4) is 0 Å². The van der Waals surface area contributed by atoms with Crippen LogP contribution in [-0.2, 0) is 4.79 Å². The average Bonchev–Trinajstić information content (AvgIpc) is 3.13. The van der Waals surface area contributed by atoms with Gasteiger partial charge in [0.2, 0.25) is 5.91 Å². The highest BCUT2D eigenvalue weighted by Gasteiger charge is 2.17. The van der Waals surface area contributed by atoms with Crippen LogP contribution in [0.5, 0.6) is 0 Å². The van der Waals surface area contributed by atoms with Gasteiger partial charge in [-0.25, -0.2) is 0 Å². The topological polar surface area (TPSA) is 69.6 Å². The van der Waals surface area contributed by atoms with Gasteiger partial charge in [-0.3, -0.25) is 4.79 Å². The summed E-state index contributed by atoms with van der Waals surface area (Å²) in [7, 11) is 0. The Hall–Kier alpha value is -0.870. The number of carbonyl (C=O) groups excluding carboxylic acids is 1. The molecule has 0 aromatic carbocycles. The number of aliphatic hydroxyl groups is 2. The van der Waals surface area contributed by atoms with E-state index in [-0.39, 0.29) is 12.5 Å². The van der Waals surface area contributed by atoms with Crippen LogP contribution in [0.15, 0.2) is 12.2 Å². The first-order valence-electron chi connectivity index (χ1n) is 23.4. The highest BCUT2D eigenvalue weighted by Crippen LogP contribution is 2.17. The van der Waals surface area contributed by atoms with Gasteiger partial charge in [-0.15, -0.1) is 0 Å². The molecule has 1 amide bonds. The summed E-state index contributed by atoms with van der Waals surface area (Å²) in [5, 5.41) is 22.4. The fourth-order valence-electron chi connectivity index (χ4n) is 7.42. The molecule has 51 heavy (non-hydrogen) atoms. The van der Waals surface area contributed by atoms with Crippen molar-refractivity contribution in [3.63, 3.8) is 0 Å². The summed E-state index contributed by atoms with van der Waals surface area (Å²) in [4.78, 5) is 12.2. The molecule has 0 rings (SSSR count). The number of nitrogens with one attached hydrogen (secondary N) is 1. The predicted molar refractivity (Wildman–Crippen MR) is 226 cm³/mol. The van der Waals surface area contributed by atoms with Crippen LogP contribution in [0.25, 0.3) is 0 Å². The number of rotatable bonds is 43. The summed E-state index contributed by atoms with van der Waals surface area (Å²) in [5.41, 5.74) is 0. The number of aliphatic hydroxyl groups excluding tert-OH is 2. The normalized spacial score (nSPS) is 12.9. The van der Waals surface area contributed by atoms with Crippen molar-refractivity contribution >= 4 is 5.91 Å². The molecule has 304 valence electrons. The summed E-state index contributed by atoms with van der Waals surface area (Å²) in [6, 6.07) is -0.612. The van der Waals surface area contributed by atoms with Crippen LogP contribution >= 0.6 is 0 Å². The van der Waals surface area contributed by atoms with Crippen molar-refractivity contribution in [3.05, 3.63) is 12.2 Å². The van der Waals surface area contributed by atoms with Crippen molar-refractivity contribution in [1.29, 1.82) is 0 Å². The zero-order valence-corrected chi connectivity index (χ0v) is 34.9. The number of hydrogen-bond donors (Lipinski definition) is 3. The minimum Gasteiger partial charge on any atom is -0.394 e. The maximum absolute atomic E-state index is 12.2. The van der Waals surface area contributed by atoms with Crippen LogP contribution in [0, 0.1) is 0 Å². The maximum atomic E-state index is 12.2. The summed E-state index contributed by atoms with van der Waals surface area (Å²) < 4.78 is 0. The number of allylic oxidation sites excluding steroid dienone is 1. The zero-order valence-electron chi connectivity index (χ0n) is 34.9. The largest absolute Gasteiger partial charge is 0.394 e. The second-order valence-electron chi connectivity index (χ2n) is 16.2. The molecule has 0 aliphatic rings. The molecule has 0 saturated carbocycles. The van der Waals surface area contributed by atoms with Gasteiger partial charge in [0, 0.05) is 6.42 Å². The van der Waals surface area contributed by atoms with E-state index in [1.807, 2.05) is 6.08 Å². The van der Waals surface area contributed by atoms with Crippen molar-refractivity contribution < 1.29 is 15.0 Å². The van der Waals surface area contributed by atoms with Crippen molar-refractivity contribution in [2.45, 2.75) is 276 Å². The quantitative estimate of drug-likeness (QED) is 0.0434. The minimum absolute atomic E-state index is 0.0711. The Morgan fingerprint density at radius 3 is 0.980 bits per heavy atom. The second-order valence-corrected chi connectivity index (χ2v) is 16.2. The zero-order chi connectivity index (χ0) is 37.1. The van der Waals surface area contributed by atoms with Gasteiger partial charge in [-0.1, -0.05) is 257 Å². The fraction of sp³-hybridized carbons (Fsp3) is 0.936. The van der Waals surface area contributed by atoms with Gasteiger partial charge >= 0.3 is 0 Å². The third-order valence-corrected chi connectivity index (χ3v) is 11.0. The maximum Gasteiger partial charge on any atom is 0.220 e. The number of carbonyl (C=O) groups is 1. The Labute approximate surface area is 320 Å². The van der Waals surface area contributed by atoms with Gasteiger partial charge in [-0.2, -0.15) is 0 Å². The molecule has 3 N–H and O–H groups in total. The molecule has 0 spiro atoms. The highest BCUT2D eigenvalue weighted by atomic mass is 16.3. The molecular formula is C47H93NO3. The summed E-state index contributed by atoms with van der Waals surface area (Å²) in [5.74, 6) is -0.0711. The van der Waals surface area contributed by atoms with E-state index in [0.717, 1.165) is 25.7 Å².